The van der Waals surface area contributed by atoms with Crippen molar-refractivity contribution in [1.29, 1.82) is 0 Å². The molecule has 0 fully saturated rings. The fourth-order valence-electron chi connectivity index (χ4n) is 2.04. The summed E-state index contributed by atoms with van der Waals surface area (Å²) < 4.78 is 65.9. The number of aliphatic carboxylic acids is 1. The Morgan fingerprint density at radius 3 is 2.48 bits per heavy atom. The number of sulfonamides is 1. The number of hydrogen-bond donors (Lipinski definition) is 2. The number of hydrogen-bond acceptors (Lipinski definition) is 5. The van der Waals surface area contributed by atoms with Crippen LogP contribution in [0.15, 0.2) is 35.6 Å². The van der Waals surface area contributed by atoms with Crippen molar-refractivity contribution in [1.82, 2.24) is 19.5 Å². The Morgan fingerprint density at radius 1 is 1.36 bits per heavy atom. The summed E-state index contributed by atoms with van der Waals surface area (Å²) in [6.45, 7) is 0. The molecule has 0 aromatic carbocycles. The molecule has 2 rings (SSSR count). The third kappa shape index (κ3) is 4.54. The summed E-state index contributed by atoms with van der Waals surface area (Å²) >= 11 is 0. The van der Waals surface area contributed by atoms with Crippen LogP contribution in [0.1, 0.15) is 11.3 Å². The summed E-state index contributed by atoms with van der Waals surface area (Å²) in [5.41, 5.74) is -1.16. The van der Waals surface area contributed by atoms with Crippen molar-refractivity contribution in [3.05, 3.63) is 42.0 Å². The Labute approximate surface area is 140 Å². The number of carboxylic acid groups (broad SMARTS) is 1. The SMILES string of the molecule is Cn1cc(S(=O)(=O)NC(Cc2ccncc2)C(=O)O)c(C(F)(F)F)n1. The number of nitrogens with one attached hydrogen (secondary N) is 1. The molecule has 1 atom stereocenters. The number of halogens is 3. The van der Waals surface area contributed by atoms with Crippen molar-refractivity contribution in [3.8, 4) is 0 Å². The topological polar surface area (TPSA) is 114 Å². The van der Waals surface area contributed by atoms with E-state index in [1.807, 2.05) is 0 Å². The molecule has 0 aliphatic carbocycles. The van der Waals surface area contributed by atoms with E-state index in [1.165, 1.54) is 24.5 Å². The van der Waals surface area contributed by atoms with Gasteiger partial charge in [-0.1, -0.05) is 0 Å². The molecular formula is C13H13F3N4O4S. The molecule has 8 nitrogen and oxygen atoms in total. The van der Waals surface area contributed by atoms with Crippen LogP contribution in [0.25, 0.3) is 0 Å². The fraction of sp³-hybridized carbons (Fsp3) is 0.308. The molecule has 2 heterocycles. The number of rotatable bonds is 6. The number of aromatic nitrogens is 3. The molecule has 0 saturated heterocycles. The van der Waals surface area contributed by atoms with Crippen LogP contribution in [-0.4, -0.2) is 40.3 Å². The summed E-state index contributed by atoms with van der Waals surface area (Å²) in [7, 11) is -3.64. The molecule has 2 aromatic heterocycles. The van der Waals surface area contributed by atoms with Gasteiger partial charge >= 0.3 is 12.1 Å². The van der Waals surface area contributed by atoms with Crippen LogP contribution in [0, 0.1) is 0 Å². The van der Waals surface area contributed by atoms with E-state index in [0.717, 1.165) is 7.05 Å². The fourth-order valence-corrected chi connectivity index (χ4v) is 3.43. The van der Waals surface area contributed by atoms with Gasteiger partial charge in [-0.3, -0.25) is 14.5 Å². The first-order valence-electron chi connectivity index (χ1n) is 6.75. The highest BCUT2D eigenvalue weighted by Crippen LogP contribution is 2.32. The zero-order valence-corrected chi connectivity index (χ0v) is 13.5. The summed E-state index contributed by atoms with van der Waals surface area (Å²) in [4.78, 5) is 13.9. The van der Waals surface area contributed by atoms with Crippen LogP contribution >= 0.6 is 0 Å². The lowest BCUT2D eigenvalue weighted by molar-refractivity contribution is -0.143. The van der Waals surface area contributed by atoms with E-state index in [2.05, 4.69) is 10.1 Å². The van der Waals surface area contributed by atoms with Crippen molar-refractivity contribution in [2.24, 2.45) is 7.05 Å². The number of nitrogens with zero attached hydrogens (tertiary/aromatic N) is 3. The average molecular weight is 378 g/mol. The van der Waals surface area contributed by atoms with Gasteiger partial charge in [-0.25, -0.2) is 8.42 Å². The van der Waals surface area contributed by atoms with Crippen molar-refractivity contribution in [3.63, 3.8) is 0 Å². The minimum atomic E-state index is -5.00. The zero-order valence-electron chi connectivity index (χ0n) is 12.7. The monoisotopic (exact) mass is 378 g/mol. The Balaban J connectivity index is 2.34. The number of pyridine rings is 1. The third-order valence-electron chi connectivity index (χ3n) is 3.14. The molecular weight excluding hydrogens is 365 g/mol. The highest BCUT2D eigenvalue weighted by Gasteiger charge is 2.41. The van der Waals surface area contributed by atoms with Crippen molar-refractivity contribution in [2.45, 2.75) is 23.5 Å². The Morgan fingerprint density at radius 2 is 1.96 bits per heavy atom. The quantitative estimate of drug-likeness (QED) is 0.769. The molecule has 136 valence electrons. The Hall–Kier alpha value is -2.47. The molecule has 25 heavy (non-hydrogen) atoms. The van der Waals surface area contributed by atoms with Gasteiger partial charge < -0.3 is 5.11 Å². The van der Waals surface area contributed by atoms with Crippen LogP contribution < -0.4 is 4.72 Å². The number of alkyl halides is 3. The van der Waals surface area contributed by atoms with Gasteiger partial charge in [0.05, 0.1) is 0 Å². The van der Waals surface area contributed by atoms with E-state index < -0.39 is 38.8 Å². The average Bonchev–Trinajstić information content (AvgIpc) is 2.90. The van der Waals surface area contributed by atoms with Gasteiger partial charge in [-0.2, -0.15) is 23.0 Å². The third-order valence-corrected chi connectivity index (χ3v) is 4.61. The highest BCUT2D eigenvalue weighted by molar-refractivity contribution is 7.89. The van der Waals surface area contributed by atoms with Gasteiger partial charge in [-0.15, -0.1) is 0 Å². The molecule has 0 saturated carbocycles. The lowest BCUT2D eigenvalue weighted by Gasteiger charge is -2.15. The molecule has 0 aliphatic heterocycles. The molecule has 0 aliphatic rings. The van der Waals surface area contributed by atoms with Gasteiger partial charge in [0.15, 0.2) is 5.69 Å². The molecule has 0 bridgehead atoms. The standard InChI is InChI=1S/C13H13F3N4O4S/c1-20-7-10(11(18-20)13(14,15)16)25(23,24)19-9(12(21)22)6-8-2-4-17-5-3-8/h2-5,7,9,19H,6H2,1H3,(H,21,22). The second-order valence-corrected chi connectivity index (χ2v) is 6.77. The number of aryl methyl sites for hydroxylation is 1. The zero-order chi connectivity index (χ0) is 18.8. The predicted molar refractivity (Wildman–Crippen MR) is 77.9 cm³/mol. The van der Waals surface area contributed by atoms with Gasteiger partial charge in [-0.05, 0) is 24.1 Å². The van der Waals surface area contributed by atoms with Crippen molar-refractivity contribution >= 4 is 16.0 Å². The summed E-state index contributed by atoms with van der Waals surface area (Å²) in [5.74, 6) is -1.53. The molecule has 2 aromatic rings. The normalized spacial score (nSPS) is 13.6. The van der Waals surface area contributed by atoms with E-state index in [0.29, 0.717) is 16.4 Å². The van der Waals surface area contributed by atoms with E-state index in [9.17, 15) is 31.5 Å². The maximum atomic E-state index is 12.9. The van der Waals surface area contributed by atoms with Crippen LogP contribution in [0.2, 0.25) is 0 Å². The smallest absolute Gasteiger partial charge is 0.436 e. The molecule has 1 unspecified atom stereocenters. The van der Waals surface area contributed by atoms with Crippen LogP contribution in [0.5, 0.6) is 0 Å². The number of carboxylic acids is 1. The summed E-state index contributed by atoms with van der Waals surface area (Å²) in [6.07, 6.45) is -1.85. The predicted octanol–water partition coefficient (Wildman–Crippen LogP) is 0.808. The van der Waals surface area contributed by atoms with Crippen molar-refractivity contribution in [2.75, 3.05) is 0 Å². The summed E-state index contributed by atoms with van der Waals surface area (Å²) in [6, 6.07) is 1.28. The lowest BCUT2D eigenvalue weighted by atomic mass is 10.1. The van der Waals surface area contributed by atoms with Crippen LogP contribution in [0.4, 0.5) is 13.2 Å². The largest absolute Gasteiger partial charge is 0.480 e. The maximum Gasteiger partial charge on any atom is 0.436 e. The minimum absolute atomic E-state index is 0.265. The minimum Gasteiger partial charge on any atom is -0.480 e. The van der Waals surface area contributed by atoms with Gasteiger partial charge in [0, 0.05) is 25.6 Å². The van der Waals surface area contributed by atoms with Crippen molar-refractivity contribution < 1.29 is 31.5 Å². The molecule has 2 N–H and O–H groups in total. The van der Waals surface area contributed by atoms with E-state index in [-0.39, 0.29) is 6.42 Å². The van der Waals surface area contributed by atoms with E-state index >= 15 is 0 Å². The first kappa shape index (κ1) is 18.9. The van der Waals surface area contributed by atoms with E-state index in [4.69, 9.17) is 0 Å². The van der Waals surface area contributed by atoms with Gasteiger partial charge in [0.1, 0.15) is 10.9 Å². The second-order valence-electron chi connectivity index (χ2n) is 5.09. The first-order valence-corrected chi connectivity index (χ1v) is 8.24. The van der Waals surface area contributed by atoms with Crippen LogP contribution in [0.3, 0.4) is 0 Å². The lowest BCUT2D eigenvalue weighted by Crippen LogP contribution is -2.42. The molecule has 0 radical (unpaired) electrons. The van der Waals surface area contributed by atoms with Gasteiger partial charge in [0.25, 0.3) is 0 Å². The highest BCUT2D eigenvalue weighted by atomic mass is 32.2. The molecule has 0 spiro atoms. The Bertz CT molecular complexity index is 865. The van der Waals surface area contributed by atoms with Gasteiger partial charge in [0.2, 0.25) is 10.0 Å². The molecule has 0 amide bonds. The summed E-state index contributed by atoms with van der Waals surface area (Å²) in [5, 5.41) is 12.3. The molecule has 12 heteroatoms. The second kappa shape index (κ2) is 6.80. The number of carbonyl (C=O) groups is 1. The van der Waals surface area contributed by atoms with E-state index in [1.54, 1.807) is 4.72 Å². The maximum absolute atomic E-state index is 12.9. The van der Waals surface area contributed by atoms with Crippen LogP contribution in [-0.2, 0) is 34.5 Å². The first-order chi connectivity index (χ1) is 11.5. The Kier molecular flexibility index (Phi) is 5.13.